The van der Waals surface area contributed by atoms with Gasteiger partial charge in [-0.1, -0.05) is 31.5 Å². The molecule has 132 valence electrons. The number of benzene rings is 1. The number of rotatable bonds is 6. The first-order valence-corrected chi connectivity index (χ1v) is 9.14. The zero-order valence-corrected chi connectivity index (χ0v) is 15.2. The van der Waals surface area contributed by atoms with E-state index in [1.54, 1.807) is 0 Å². The molecule has 4 heteroatoms. The third-order valence-electron chi connectivity index (χ3n) is 5.07. The van der Waals surface area contributed by atoms with E-state index in [9.17, 15) is 9.59 Å². The predicted octanol–water partition coefficient (Wildman–Crippen LogP) is 4.00. The topological polar surface area (TPSA) is 49.4 Å². The summed E-state index contributed by atoms with van der Waals surface area (Å²) in [4.78, 5) is 26.8. The van der Waals surface area contributed by atoms with Crippen LogP contribution in [0.2, 0.25) is 0 Å². The number of nitrogens with one attached hydrogen (secondary N) is 1. The quantitative estimate of drug-likeness (QED) is 0.857. The minimum Gasteiger partial charge on any atom is -0.346 e. The van der Waals surface area contributed by atoms with Crippen LogP contribution in [-0.4, -0.2) is 30.3 Å². The zero-order chi connectivity index (χ0) is 17.5. The van der Waals surface area contributed by atoms with Crippen LogP contribution in [0.1, 0.15) is 51.0 Å². The first-order valence-electron chi connectivity index (χ1n) is 9.14. The fraction of sp³-hybridized carbons (Fsp3) is 0.600. The molecule has 0 spiro atoms. The average Bonchev–Trinajstić information content (AvgIpc) is 2.61. The van der Waals surface area contributed by atoms with Crippen molar-refractivity contribution in [3.8, 4) is 0 Å². The summed E-state index contributed by atoms with van der Waals surface area (Å²) in [5.74, 6) is 0.458. The molecule has 1 N–H and O–H groups in total. The highest BCUT2D eigenvalue weighted by molar-refractivity contribution is 5.93. The van der Waals surface area contributed by atoms with Crippen LogP contribution in [0.5, 0.6) is 0 Å². The standard InChI is InChI=1S/C20H30N2O2/c1-4-5-14-22(3)20(24)17-12-10-16(11-13-17)19(23)21-18-9-7-6-8-15(18)2/h6-9,16-17H,4-5,10-14H2,1-3H3,(H,21,23). The van der Waals surface area contributed by atoms with Crippen molar-refractivity contribution >= 4 is 17.5 Å². The van der Waals surface area contributed by atoms with Gasteiger partial charge in [-0.2, -0.15) is 0 Å². The number of anilines is 1. The normalized spacial score (nSPS) is 20.5. The lowest BCUT2D eigenvalue weighted by molar-refractivity contribution is -0.136. The van der Waals surface area contributed by atoms with Crippen molar-refractivity contribution < 1.29 is 9.59 Å². The van der Waals surface area contributed by atoms with Crippen molar-refractivity contribution in [1.29, 1.82) is 0 Å². The molecule has 2 amide bonds. The largest absolute Gasteiger partial charge is 0.346 e. The molecule has 0 aromatic heterocycles. The lowest BCUT2D eigenvalue weighted by atomic mass is 9.81. The lowest BCUT2D eigenvalue weighted by Crippen LogP contribution is -2.37. The van der Waals surface area contributed by atoms with Crippen LogP contribution < -0.4 is 5.32 Å². The minimum atomic E-state index is 0.0228. The number of nitrogens with zero attached hydrogens (tertiary/aromatic N) is 1. The van der Waals surface area contributed by atoms with Gasteiger partial charge >= 0.3 is 0 Å². The maximum atomic E-state index is 12.5. The van der Waals surface area contributed by atoms with Gasteiger partial charge in [-0.25, -0.2) is 0 Å². The van der Waals surface area contributed by atoms with Gasteiger partial charge in [0.2, 0.25) is 11.8 Å². The van der Waals surface area contributed by atoms with Gasteiger partial charge < -0.3 is 10.2 Å². The second-order valence-electron chi connectivity index (χ2n) is 6.97. The highest BCUT2D eigenvalue weighted by atomic mass is 16.2. The molecule has 0 heterocycles. The lowest BCUT2D eigenvalue weighted by Gasteiger charge is -2.30. The van der Waals surface area contributed by atoms with E-state index in [2.05, 4.69) is 12.2 Å². The third kappa shape index (κ3) is 4.83. The number of amides is 2. The Labute approximate surface area is 145 Å². The summed E-state index contributed by atoms with van der Waals surface area (Å²) in [7, 11) is 1.90. The van der Waals surface area contributed by atoms with E-state index in [1.165, 1.54) is 0 Å². The number of aryl methyl sites for hydroxylation is 1. The Morgan fingerprint density at radius 3 is 2.38 bits per heavy atom. The summed E-state index contributed by atoms with van der Waals surface area (Å²) >= 11 is 0. The molecule has 24 heavy (non-hydrogen) atoms. The van der Waals surface area contributed by atoms with E-state index in [1.807, 2.05) is 43.1 Å². The summed E-state index contributed by atoms with van der Waals surface area (Å²) < 4.78 is 0. The van der Waals surface area contributed by atoms with Crippen molar-refractivity contribution in [2.45, 2.75) is 52.4 Å². The molecule has 1 aliphatic rings. The molecule has 0 saturated heterocycles. The number of para-hydroxylation sites is 1. The molecule has 2 rings (SSSR count). The van der Waals surface area contributed by atoms with Crippen molar-refractivity contribution in [3.63, 3.8) is 0 Å². The van der Waals surface area contributed by atoms with Gasteiger partial charge in [0.25, 0.3) is 0 Å². The van der Waals surface area contributed by atoms with Crippen LogP contribution in [0.15, 0.2) is 24.3 Å². The molecule has 1 aromatic carbocycles. The van der Waals surface area contributed by atoms with Crippen molar-refractivity contribution in [2.24, 2.45) is 11.8 Å². The Bertz CT molecular complexity index is 563. The average molecular weight is 330 g/mol. The van der Waals surface area contributed by atoms with Crippen molar-refractivity contribution in [2.75, 3.05) is 18.9 Å². The SMILES string of the molecule is CCCCN(C)C(=O)C1CCC(C(=O)Nc2ccccc2C)CC1. The van der Waals surface area contributed by atoms with Crippen LogP contribution in [0, 0.1) is 18.8 Å². The molecule has 0 aliphatic heterocycles. The molecule has 1 fully saturated rings. The number of carbonyl (C=O) groups excluding carboxylic acids is 2. The van der Waals surface area contributed by atoms with Gasteiger partial charge in [-0.05, 0) is 50.7 Å². The Kier molecular flexibility index (Phi) is 6.83. The van der Waals surface area contributed by atoms with Gasteiger partial charge in [0, 0.05) is 31.1 Å². The zero-order valence-electron chi connectivity index (χ0n) is 15.2. The Balaban J connectivity index is 1.83. The monoisotopic (exact) mass is 330 g/mol. The van der Waals surface area contributed by atoms with E-state index in [-0.39, 0.29) is 23.7 Å². The fourth-order valence-corrected chi connectivity index (χ4v) is 3.37. The van der Waals surface area contributed by atoms with E-state index >= 15 is 0 Å². The van der Waals surface area contributed by atoms with E-state index in [0.717, 1.165) is 56.3 Å². The van der Waals surface area contributed by atoms with Gasteiger partial charge in [0.1, 0.15) is 0 Å². The first-order chi connectivity index (χ1) is 11.5. The number of hydrogen-bond donors (Lipinski definition) is 1. The van der Waals surface area contributed by atoms with E-state index < -0.39 is 0 Å². The molecule has 0 bridgehead atoms. The van der Waals surface area contributed by atoms with Gasteiger partial charge in [0.15, 0.2) is 0 Å². The molecular weight excluding hydrogens is 300 g/mol. The Hall–Kier alpha value is -1.84. The maximum absolute atomic E-state index is 12.5. The summed E-state index contributed by atoms with van der Waals surface area (Å²) in [6.45, 7) is 4.97. The number of unbranched alkanes of at least 4 members (excludes halogenated alkanes) is 1. The van der Waals surface area contributed by atoms with E-state index in [4.69, 9.17) is 0 Å². The Morgan fingerprint density at radius 1 is 1.12 bits per heavy atom. The highest BCUT2D eigenvalue weighted by Crippen LogP contribution is 2.31. The molecule has 1 saturated carbocycles. The van der Waals surface area contributed by atoms with Crippen LogP contribution in [0.25, 0.3) is 0 Å². The first kappa shape index (κ1) is 18.5. The molecule has 4 nitrogen and oxygen atoms in total. The summed E-state index contributed by atoms with van der Waals surface area (Å²) in [6, 6.07) is 7.84. The van der Waals surface area contributed by atoms with Crippen LogP contribution in [0.4, 0.5) is 5.69 Å². The summed E-state index contributed by atoms with van der Waals surface area (Å²) in [6.07, 6.45) is 5.40. The second kappa shape index (κ2) is 8.86. The molecule has 1 aliphatic carbocycles. The molecule has 0 radical (unpaired) electrons. The van der Waals surface area contributed by atoms with Gasteiger partial charge in [-0.15, -0.1) is 0 Å². The second-order valence-corrected chi connectivity index (χ2v) is 6.97. The third-order valence-corrected chi connectivity index (χ3v) is 5.07. The van der Waals surface area contributed by atoms with Crippen LogP contribution in [0.3, 0.4) is 0 Å². The minimum absolute atomic E-state index is 0.0228. The van der Waals surface area contributed by atoms with E-state index in [0.29, 0.717) is 0 Å². The molecule has 0 unspecified atom stereocenters. The predicted molar refractivity (Wildman–Crippen MR) is 97.8 cm³/mol. The fourth-order valence-electron chi connectivity index (χ4n) is 3.37. The highest BCUT2D eigenvalue weighted by Gasteiger charge is 2.31. The van der Waals surface area contributed by atoms with Crippen LogP contribution >= 0.6 is 0 Å². The smallest absolute Gasteiger partial charge is 0.227 e. The summed E-state index contributed by atoms with van der Waals surface area (Å²) in [5, 5.41) is 3.04. The van der Waals surface area contributed by atoms with Crippen molar-refractivity contribution in [3.05, 3.63) is 29.8 Å². The molecule has 1 aromatic rings. The molecular formula is C20H30N2O2. The van der Waals surface area contributed by atoms with Gasteiger partial charge in [0.05, 0.1) is 0 Å². The molecule has 0 atom stereocenters. The number of hydrogen-bond acceptors (Lipinski definition) is 2. The Morgan fingerprint density at radius 2 is 1.75 bits per heavy atom. The van der Waals surface area contributed by atoms with Crippen molar-refractivity contribution in [1.82, 2.24) is 4.90 Å². The van der Waals surface area contributed by atoms with Gasteiger partial charge in [-0.3, -0.25) is 9.59 Å². The summed E-state index contributed by atoms with van der Waals surface area (Å²) in [5.41, 5.74) is 1.97. The maximum Gasteiger partial charge on any atom is 0.227 e. The van der Waals surface area contributed by atoms with Crippen LogP contribution in [-0.2, 0) is 9.59 Å². The number of carbonyl (C=O) groups is 2.